The molecule has 5 atom stereocenters. The van der Waals surface area contributed by atoms with Gasteiger partial charge in [0.1, 0.15) is 24.4 Å². The predicted octanol–water partition coefficient (Wildman–Crippen LogP) is -1.37. The maximum Gasteiger partial charge on any atom is 0.111 e. The van der Waals surface area contributed by atoms with E-state index in [0.29, 0.717) is 6.42 Å². The smallest absolute Gasteiger partial charge is 0.111 e. The van der Waals surface area contributed by atoms with E-state index in [1.807, 2.05) is 6.92 Å². The minimum atomic E-state index is -1.24. The fourth-order valence-corrected chi connectivity index (χ4v) is 1.70. The number of aliphatic hydroxyl groups is 4. The first-order valence-electron chi connectivity index (χ1n) is 4.92. The SMILES string of the molecule is CCCC1OC(CO)C(O)C(O)C1O. The molecule has 14 heavy (non-hydrogen) atoms. The predicted molar refractivity (Wildman–Crippen MR) is 48.7 cm³/mol. The zero-order chi connectivity index (χ0) is 10.7. The van der Waals surface area contributed by atoms with Crippen molar-refractivity contribution in [1.82, 2.24) is 0 Å². The van der Waals surface area contributed by atoms with Gasteiger partial charge in [0.2, 0.25) is 0 Å². The molecule has 1 fully saturated rings. The summed E-state index contributed by atoms with van der Waals surface area (Å²) in [6, 6.07) is 0. The Kier molecular flexibility index (Phi) is 4.28. The van der Waals surface area contributed by atoms with Gasteiger partial charge in [0.05, 0.1) is 12.7 Å². The average Bonchev–Trinajstić information content (AvgIpc) is 2.19. The quantitative estimate of drug-likeness (QED) is 0.457. The van der Waals surface area contributed by atoms with Crippen LogP contribution in [0.5, 0.6) is 0 Å². The summed E-state index contributed by atoms with van der Waals surface area (Å²) in [7, 11) is 0. The average molecular weight is 206 g/mol. The molecule has 0 saturated carbocycles. The van der Waals surface area contributed by atoms with Gasteiger partial charge in [0, 0.05) is 0 Å². The van der Waals surface area contributed by atoms with Crippen LogP contribution in [-0.4, -0.2) is 57.6 Å². The van der Waals surface area contributed by atoms with Crippen LogP contribution >= 0.6 is 0 Å². The highest BCUT2D eigenvalue weighted by Gasteiger charge is 2.42. The van der Waals surface area contributed by atoms with Gasteiger partial charge < -0.3 is 25.2 Å². The molecule has 4 N–H and O–H groups in total. The van der Waals surface area contributed by atoms with E-state index in [0.717, 1.165) is 6.42 Å². The molecule has 84 valence electrons. The highest BCUT2D eigenvalue weighted by atomic mass is 16.5. The third-order valence-electron chi connectivity index (χ3n) is 2.56. The monoisotopic (exact) mass is 206 g/mol. The molecule has 0 spiro atoms. The van der Waals surface area contributed by atoms with Crippen molar-refractivity contribution in [2.24, 2.45) is 0 Å². The molecule has 1 saturated heterocycles. The summed E-state index contributed by atoms with van der Waals surface area (Å²) in [4.78, 5) is 0. The lowest BCUT2D eigenvalue weighted by Gasteiger charge is -2.40. The summed E-state index contributed by atoms with van der Waals surface area (Å²) in [5.74, 6) is 0. The molecule has 5 heteroatoms. The van der Waals surface area contributed by atoms with Crippen LogP contribution in [0.25, 0.3) is 0 Å². The second-order valence-electron chi connectivity index (χ2n) is 3.66. The number of aliphatic hydroxyl groups excluding tert-OH is 4. The van der Waals surface area contributed by atoms with E-state index < -0.39 is 30.5 Å². The van der Waals surface area contributed by atoms with Crippen LogP contribution in [0.1, 0.15) is 19.8 Å². The first-order chi connectivity index (χ1) is 6.61. The number of ether oxygens (including phenoxy) is 1. The molecule has 0 aromatic heterocycles. The van der Waals surface area contributed by atoms with Crippen molar-refractivity contribution in [2.45, 2.75) is 50.3 Å². The van der Waals surface area contributed by atoms with Crippen LogP contribution in [0, 0.1) is 0 Å². The van der Waals surface area contributed by atoms with E-state index in [9.17, 15) is 15.3 Å². The van der Waals surface area contributed by atoms with Crippen molar-refractivity contribution in [1.29, 1.82) is 0 Å². The molecule has 0 aliphatic carbocycles. The normalized spacial score (nSPS) is 43.9. The zero-order valence-corrected chi connectivity index (χ0v) is 8.21. The largest absolute Gasteiger partial charge is 0.394 e. The molecule has 0 bridgehead atoms. The third kappa shape index (κ3) is 2.24. The van der Waals surface area contributed by atoms with E-state index in [2.05, 4.69) is 0 Å². The topological polar surface area (TPSA) is 90.2 Å². The third-order valence-corrected chi connectivity index (χ3v) is 2.56. The molecule has 1 aliphatic rings. The van der Waals surface area contributed by atoms with Gasteiger partial charge >= 0.3 is 0 Å². The molecule has 1 aliphatic heterocycles. The van der Waals surface area contributed by atoms with Gasteiger partial charge in [-0.1, -0.05) is 13.3 Å². The fraction of sp³-hybridized carbons (Fsp3) is 1.00. The lowest BCUT2D eigenvalue weighted by atomic mass is 9.93. The molecular weight excluding hydrogens is 188 g/mol. The number of rotatable bonds is 3. The zero-order valence-electron chi connectivity index (χ0n) is 8.21. The van der Waals surface area contributed by atoms with Crippen molar-refractivity contribution in [2.75, 3.05) is 6.61 Å². The van der Waals surface area contributed by atoms with Crippen LogP contribution in [0.3, 0.4) is 0 Å². The van der Waals surface area contributed by atoms with Gasteiger partial charge in [-0.05, 0) is 6.42 Å². The first-order valence-corrected chi connectivity index (χ1v) is 4.92. The maximum absolute atomic E-state index is 9.54. The van der Waals surface area contributed by atoms with Gasteiger partial charge in [-0.2, -0.15) is 0 Å². The highest BCUT2D eigenvalue weighted by Crippen LogP contribution is 2.23. The molecular formula is C9H18O5. The van der Waals surface area contributed by atoms with Crippen molar-refractivity contribution in [3.8, 4) is 0 Å². The molecule has 1 heterocycles. The van der Waals surface area contributed by atoms with Gasteiger partial charge in [-0.3, -0.25) is 0 Å². The molecule has 5 unspecified atom stereocenters. The molecule has 0 amide bonds. The second-order valence-corrected chi connectivity index (χ2v) is 3.66. The van der Waals surface area contributed by atoms with Crippen LogP contribution < -0.4 is 0 Å². The molecule has 0 aromatic carbocycles. The number of hydrogen-bond acceptors (Lipinski definition) is 5. The van der Waals surface area contributed by atoms with Crippen molar-refractivity contribution in [3.05, 3.63) is 0 Å². The Morgan fingerprint density at radius 2 is 1.57 bits per heavy atom. The summed E-state index contributed by atoms with van der Waals surface area (Å²) < 4.78 is 5.26. The Morgan fingerprint density at radius 1 is 1.00 bits per heavy atom. The molecule has 5 nitrogen and oxygen atoms in total. The van der Waals surface area contributed by atoms with Gasteiger partial charge in [-0.15, -0.1) is 0 Å². The summed E-state index contributed by atoms with van der Waals surface area (Å²) in [6.07, 6.45) is -3.43. The number of hydrogen-bond donors (Lipinski definition) is 4. The van der Waals surface area contributed by atoms with Crippen LogP contribution in [0.4, 0.5) is 0 Å². The maximum atomic E-state index is 9.54. The Labute approximate surface area is 82.9 Å². The van der Waals surface area contributed by atoms with Gasteiger partial charge in [-0.25, -0.2) is 0 Å². The Hall–Kier alpha value is -0.200. The van der Waals surface area contributed by atoms with E-state index in [4.69, 9.17) is 9.84 Å². The lowest BCUT2D eigenvalue weighted by molar-refractivity contribution is -0.230. The van der Waals surface area contributed by atoms with Crippen molar-refractivity contribution < 1.29 is 25.2 Å². The first kappa shape index (κ1) is 11.9. The Balaban J connectivity index is 2.63. The van der Waals surface area contributed by atoms with Gasteiger partial charge in [0.25, 0.3) is 0 Å². The van der Waals surface area contributed by atoms with Crippen LogP contribution in [0.2, 0.25) is 0 Å². The minimum absolute atomic E-state index is 0.356. The fourth-order valence-electron chi connectivity index (χ4n) is 1.70. The summed E-state index contributed by atoms with van der Waals surface area (Å²) in [5, 5.41) is 37.3. The summed E-state index contributed by atoms with van der Waals surface area (Å²) in [6.45, 7) is 1.58. The summed E-state index contributed by atoms with van der Waals surface area (Å²) >= 11 is 0. The standard InChI is InChI=1S/C9H18O5/c1-2-3-5-7(11)9(13)8(12)6(4-10)14-5/h5-13H,2-4H2,1H3. The van der Waals surface area contributed by atoms with Crippen LogP contribution in [-0.2, 0) is 4.74 Å². The van der Waals surface area contributed by atoms with E-state index in [1.165, 1.54) is 0 Å². The van der Waals surface area contributed by atoms with E-state index >= 15 is 0 Å². The molecule has 0 aromatic rings. The van der Waals surface area contributed by atoms with Crippen LogP contribution in [0.15, 0.2) is 0 Å². The van der Waals surface area contributed by atoms with Crippen molar-refractivity contribution in [3.63, 3.8) is 0 Å². The lowest BCUT2D eigenvalue weighted by Crippen LogP contribution is -2.58. The van der Waals surface area contributed by atoms with Crippen molar-refractivity contribution >= 4 is 0 Å². The second kappa shape index (κ2) is 5.04. The molecule has 1 rings (SSSR count). The van der Waals surface area contributed by atoms with Gasteiger partial charge in [0.15, 0.2) is 0 Å². The van der Waals surface area contributed by atoms with E-state index in [1.54, 1.807) is 0 Å². The highest BCUT2D eigenvalue weighted by molar-refractivity contribution is 4.91. The molecule has 0 radical (unpaired) electrons. The minimum Gasteiger partial charge on any atom is -0.394 e. The Morgan fingerprint density at radius 3 is 2.07 bits per heavy atom. The van der Waals surface area contributed by atoms with E-state index in [-0.39, 0.29) is 6.61 Å². The Bertz CT molecular complexity index is 171. The summed E-state index contributed by atoms with van der Waals surface area (Å²) in [5.41, 5.74) is 0.